The maximum absolute atomic E-state index is 14.2. The van der Waals surface area contributed by atoms with Crippen molar-refractivity contribution in [2.75, 3.05) is 5.32 Å². The van der Waals surface area contributed by atoms with Crippen molar-refractivity contribution in [1.29, 1.82) is 0 Å². The minimum absolute atomic E-state index is 0.166. The molecule has 1 saturated heterocycles. The summed E-state index contributed by atoms with van der Waals surface area (Å²) in [6.07, 6.45) is 0. The van der Waals surface area contributed by atoms with Gasteiger partial charge >= 0.3 is 7.12 Å². The highest BCUT2D eigenvalue weighted by atomic mass is 19.1. The van der Waals surface area contributed by atoms with Crippen molar-refractivity contribution in [2.45, 2.75) is 52.7 Å². The van der Waals surface area contributed by atoms with Crippen molar-refractivity contribution in [3.8, 4) is 0 Å². The van der Waals surface area contributed by atoms with Crippen LogP contribution in [0.1, 0.15) is 41.5 Å². The van der Waals surface area contributed by atoms with Crippen LogP contribution in [0, 0.1) is 11.7 Å². The van der Waals surface area contributed by atoms with Gasteiger partial charge in [0.25, 0.3) is 0 Å². The zero-order valence-corrected chi connectivity index (χ0v) is 14.0. The van der Waals surface area contributed by atoms with E-state index in [1.165, 1.54) is 12.1 Å². The SMILES string of the molecule is CC(C)C(=O)Nc1ccc(B2OC(C)(C)C(C)(C)O2)cc1F. The Hall–Kier alpha value is -1.40. The topological polar surface area (TPSA) is 47.6 Å². The number of nitrogens with one attached hydrogen (secondary N) is 1. The minimum Gasteiger partial charge on any atom is -0.399 e. The lowest BCUT2D eigenvalue weighted by molar-refractivity contribution is -0.118. The van der Waals surface area contributed by atoms with E-state index in [-0.39, 0.29) is 17.5 Å². The Bertz CT molecular complexity index is 571. The molecule has 1 heterocycles. The van der Waals surface area contributed by atoms with E-state index in [0.29, 0.717) is 5.46 Å². The lowest BCUT2D eigenvalue weighted by Gasteiger charge is -2.32. The van der Waals surface area contributed by atoms with Gasteiger partial charge in [-0.1, -0.05) is 19.9 Å². The number of hydrogen-bond acceptors (Lipinski definition) is 3. The fraction of sp³-hybridized carbons (Fsp3) is 0.562. The van der Waals surface area contributed by atoms with Crippen LogP contribution < -0.4 is 10.8 Å². The molecule has 0 saturated carbocycles. The monoisotopic (exact) mass is 307 g/mol. The molecule has 0 spiro atoms. The van der Waals surface area contributed by atoms with E-state index in [2.05, 4.69) is 5.32 Å². The Morgan fingerprint density at radius 2 is 1.73 bits per heavy atom. The first kappa shape index (κ1) is 17.0. The van der Waals surface area contributed by atoms with Crippen LogP contribution in [0.25, 0.3) is 0 Å². The quantitative estimate of drug-likeness (QED) is 0.874. The number of amides is 1. The van der Waals surface area contributed by atoms with Crippen molar-refractivity contribution in [3.05, 3.63) is 24.0 Å². The van der Waals surface area contributed by atoms with Gasteiger partial charge in [0.2, 0.25) is 5.91 Å². The van der Waals surface area contributed by atoms with Crippen molar-refractivity contribution < 1.29 is 18.5 Å². The fourth-order valence-corrected chi connectivity index (χ4v) is 2.04. The smallest absolute Gasteiger partial charge is 0.399 e. The van der Waals surface area contributed by atoms with Crippen molar-refractivity contribution in [3.63, 3.8) is 0 Å². The molecule has 1 N–H and O–H groups in total. The van der Waals surface area contributed by atoms with Crippen LogP contribution in [-0.4, -0.2) is 24.2 Å². The van der Waals surface area contributed by atoms with Crippen molar-refractivity contribution >= 4 is 24.2 Å². The zero-order valence-electron chi connectivity index (χ0n) is 14.0. The van der Waals surface area contributed by atoms with Gasteiger partial charge in [0.15, 0.2) is 0 Å². The molecule has 0 aliphatic carbocycles. The van der Waals surface area contributed by atoms with Gasteiger partial charge in [-0.2, -0.15) is 0 Å². The molecule has 4 nitrogen and oxygen atoms in total. The number of carbonyl (C=O) groups is 1. The van der Waals surface area contributed by atoms with Gasteiger partial charge in [-0.3, -0.25) is 4.79 Å². The molecule has 1 aliphatic heterocycles. The number of rotatable bonds is 3. The van der Waals surface area contributed by atoms with E-state index in [4.69, 9.17) is 9.31 Å². The second-order valence-corrected chi connectivity index (χ2v) is 6.97. The van der Waals surface area contributed by atoms with Crippen LogP contribution in [0.5, 0.6) is 0 Å². The summed E-state index contributed by atoms with van der Waals surface area (Å²) in [7, 11) is -0.616. The molecule has 0 atom stereocenters. The van der Waals surface area contributed by atoms with Gasteiger partial charge in [-0.15, -0.1) is 0 Å². The minimum atomic E-state index is -0.616. The third kappa shape index (κ3) is 3.18. The molecule has 2 rings (SSSR count). The molecule has 1 aliphatic rings. The molecule has 22 heavy (non-hydrogen) atoms. The standard InChI is InChI=1S/C16H23BFNO3/c1-10(2)14(20)19-13-8-7-11(9-12(13)18)17-21-15(3,4)16(5,6)22-17/h7-10H,1-6H3,(H,19,20). The average Bonchev–Trinajstić information content (AvgIpc) is 2.60. The average molecular weight is 307 g/mol. The summed E-state index contributed by atoms with van der Waals surface area (Å²) in [5.74, 6) is -0.925. The lowest BCUT2D eigenvalue weighted by atomic mass is 9.79. The Morgan fingerprint density at radius 1 is 1.18 bits per heavy atom. The first-order chi connectivity index (χ1) is 10.0. The maximum atomic E-state index is 14.2. The summed E-state index contributed by atoms with van der Waals surface area (Å²) in [4.78, 5) is 11.6. The van der Waals surface area contributed by atoms with Crippen LogP contribution in [0.15, 0.2) is 18.2 Å². The van der Waals surface area contributed by atoms with E-state index in [1.807, 2.05) is 27.7 Å². The fourth-order valence-electron chi connectivity index (χ4n) is 2.04. The normalized spacial score (nSPS) is 19.5. The van der Waals surface area contributed by atoms with Crippen LogP contribution in [-0.2, 0) is 14.1 Å². The molecule has 1 aromatic carbocycles. The summed E-state index contributed by atoms with van der Waals surface area (Å²) >= 11 is 0. The van der Waals surface area contributed by atoms with E-state index >= 15 is 0 Å². The lowest BCUT2D eigenvalue weighted by Crippen LogP contribution is -2.41. The first-order valence-corrected chi connectivity index (χ1v) is 7.49. The molecule has 1 fully saturated rings. The molecule has 1 aromatic rings. The van der Waals surface area contributed by atoms with Crippen molar-refractivity contribution in [2.24, 2.45) is 5.92 Å². The summed E-state index contributed by atoms with van der Waals surface area (Å²) in [5, 5.41) is 2.56. The van der Waals surface area contributed by atoms with Gasteiger partial charge in [0.05, 0.1) is 16.9 Å². The highest BCUT2D eigenvalue weighted by molar-refractivity contribution is 6.62. The van der Waals surface area contributed by atoms with Crippen molar-refractivity contribution in [1.82, 2.24) is 0 Å². The second-order valence-electron chi connectivity index (χ2n) is 6.97. The number of carbonyl (C=O) groups excluding carboxylic acids is 1. The molecular formula is C16H23BFNO3. The Labute approximate surface area is 131 Å². The molecule has 120 valence electrons. The molecule has 6 heteroatoms. The highest BCUT2D eigenvalue weighted by Gasteiger charge is 2.51. The Kier molecular flexibility index (Phi) is 4.37. The molecular weight excluding hydrogens is 284 g/mol. The van der Waals surface area contributed by atoms with Crippen LogP contribution in [0.2, 0.25) is 0 Å². The third-order valence-electron chi connectivity index (χ3n) is 4.30. The van der Waals surface area contributed by atoms with Gasteiger partial charge < -0.3 is 14.6 Å². The summed E-state index contributed by atoms with van der Waals surface area (Å²) in [6, 6.07) is 4.59. The van der Waals surface area contributed by atoms with Gasteiger partial charge in [0.1, 0.15) is 5.82 Å². The van der Waals surface area contributed by atoms with Crippen LogP contribution in [0.4, 0.5) is 10.1 Å². The number of halogens is 1. The summed E-state index contributed by atoms with van der Waals surface area (Å²) in [5.41, 5.74) is -0.185. The third-order valence-corrected chi connectivity index (χ3v) is 4.30. The van der Waals surface area contributed by atoms with E-state index in [0.717, 1.165) is 0 Å². The van der Waals surface area contributed by atoms with Gasteiger partial charge in [-0.25, -0.2) is 4.39 Å². The Balaban J connectivity index is 2.19. The predicted molar refractivity (Wildman–Crippen MR) is 85.6 cm³/mol. The first-order valence-electron chi connectivity index (χ1n) is 7.49. The second kappa shape index (κ2) is 5.67. The zero-order chi connectivity index (χ0) is 16.7. The summed E-state index contributed by atoms with van der Waals surface area (Å²) in [6.45, 7) is 11.3. The molecule has 0 bridgehead atoms. The van der Waals surface area contributed by atoms with E-state index in [1.54, 1.807) is 19.9 Å². The van der Waals surface area contributed by atoms with Gasteiger partial charge in [0, 0.05) is 5.92 Å². The van der Waals surface area contributed by atoms with E-state index < -0.39 is 24.1 Å². The van der Waals surface area contributed by atoms with Crippen LogP contribution >= 0.6 is 0 Å². The van der Waals surface area contributed by atoms with E-state index in [9.17, 15) is 9.18 Å². The summed E-state index contributed by atoms with van der Waals surface area (Å²) < 4.78 is 26.0. The number of hydrogen-bond donors (Lipinski definition) is 1. The van der Waals surface area contributed by atoms with Crippen LogP contribution in [0.3, 0.4) is 0 Å². The highest BCUT2D eigenvalue weighted by Crippen LogP contribution is 2.36. The van der Waals surface area contributed by atoms with Gasteiger partial charge in [-0.05, 0) is 45.3 Å². The Morgan fingerprint density at radius 3 is 2.18 bits per heavy atom. The number of anilines is 1. The molecule has 0 aromatic heterocycles. The predicted octanol–water partition coefficient (Wildman–Crippen LogP) is 2.72. The number of benzene rings is 1. The maximum Gasteiger partial charge on any atom is 0.494 e. The molecule has 1 amide bonds. The largest absolute Gasteiger partial charge is 0.494 e. The molecule has 0 radical (unpaired) electrons. The molecule has 0 unspecified atom stereocenters.